The SMILES string of the molecule is CC(C)CCC[C@@H](C)[C@@H]1CC[C@@H]2[C@@H]3[C@@H]4O[C@@H]4[C@H]4C[C@H](O)CC[C@]4(C)[C@@H]3CC[C@@]21C. The zero-order valence-corrected chi connectivity index (χ0v) is 19.7. The van der Waals surface area contributed by atoms with E-state index in [2.05, 4.69) is 34.6 Å². The van der Waals surface area contributed by atoms with E-state index in [0.717, 1.165) is 48.3 Å². The quantitative estimate of drug-likeness (QED) is 0.536. The Balaban J connectivity index is 1.34. The largest absolute Gasteiger partial charge is 0.393 e. The lowest BCUT2D eigenvalue weighted by Gasteiger charge is -2.59. The summed E-state index contributed by atoms with van der Waals surface area (Å²) in [5, 5.41) is 10.3. The van der Waals surface area contributed by atoms with Crippen LogP contribution in [0.25, 0.3) is 0 Å². The lowest BCUT2D eigenvalue weighted by molar-refractivity contribution is -0.115. The molecule has 11 atom stereocenters. The fraction of sp³-hybridized carbons (Fsp3) is 1.00. The van der Waals surface area contributed by atoms with E-state index in [1.54, 1.807) is 0 Å². The van der Waals surface area contributed by atoms with Gasteiger partial charge in [-0.25, -0.2) is 0 Å². The third-order valence-corrected chi connectivity index (χ3v) is 11.1. The maximum atomic E-state index is 10.3. The summed E-state index contributed by atoms with van der Waals surface area (Å²) in [6.07, 6.45) is 14.2. The number of hydrogen-bond acceptors (Lipinski definition) is 2. The predicted octanol–water partition coefficient (Wildman–Crippen LogP) is 6.46. The number of ether oxygens (including phenoxy) is 1. The van der Waals surface area contributed by atoms with Crippen LogP contribution in [0.2, 0.25) is 0 Å². The normalized spacial score (nSPS) is 54.3. The van der Waals surface area contributed by atoms with Gasteiger partial charge in [-0.1, -0.05) is 53.9 Å². The summed E-state index contributed by atoms with van der Waals surface area (Å²) < 4.78 is 6.46. The van der Waals surface area contributed by atoms with E-state index in [1.165, 1.54) is 51.4 Å². The molecule has 0 aromatic carbocycles. The van der Waals surface area contributed by atoms with Crippen molar-refractivity contribution in [2.24, 2.45) is 52.3 Å². The number of rotatable bonds is 5. The van der Waals surface area contributed by atoms with Gasteiger partial charge in [0.25, 0.3) is 0 Å². The molecule has 1 N–H and O–H groups in total. The van der Waals surface area contributed by atoms with Gasteiger partial charge in [0, 0.05) is 0 Å². The van der Waals surface area contributed by atoms with E-state index < -0.39 is 0 Å². The van der Waals surface area contributed by atoms with Crippen LogP contribution in [-0.2, 0) is 4.74 Å². The van der Waals surface area contributed by atoms with E-state index in [9.17, 15) is 5.11 Å². The number of aliphatic hydroxyl groups excluding tert-OH is 1. The number of fused-ring (bicyclic) bond motifs is 8. The highest BCUT2D eigenvalue weighted by Gasteiger charge is 2.70. The maximum Gasteiger partial charge on any atom is 0.0879 e. The summed E-state index contributed by atoms with van der Waals surface area (Å²) in [6, 6.07) is 0. The van der Waals surface area contributed by atoms with Crippen molar-refractivity contribution >= 4 is 0 Å². The molecule has 0 amide bonds. The number of epoxide rings is 1. The van der Waals surface area contributed by atoms with Crippen LogP contribution in [0.3, 0.4) is 0 Å². The molecule has 0 radical (unpaired) electrons. The van der Waals surface area contributed by atoms with Crippen molar-refractivity contribution in [3.8, 4) is 0 Å². The van der Waals surface area contributed by atoms with E-state index in [-0.39, 0.29) is 6.10 Å². The van der Waals surface area contributed by atoms with Crippen molar-refractivity contribution in [2.45, 2.75) is 117 Å². The van der Waals surface area contributed by atoms with E-state index >= 15 is 0 Å². The van der Waals surface area contributed by atoms with Gasteiger partial charge in [-0.15, -0.1) is 0 Å². The molecule has 2 heteroatoms. The Labute approximate surface area is 179 Å². The molecule has 0 aromatic heterocycles. The molecule has 4 aliphatic carbocycles. The average molecular weight is 403 g/mol. The minimum atomic E-state index is -0.0779. The van der Waals surface area contributed by atoms with Gasteiger partial charge in [0.05, 0.1) is 18.3 Å². The Morgan fingerprint density at radius 1 is 0.862 bits per heavy atom. The summed E-state index contributed by atoms with van der Waals surface area (Å²) in [4.78, 5) is 0. The second-order valence-electron chi connectivity index (χ2n) is 12.9. The minimum absolute atomic E-state index is 0.0779. The second-order valence-corrected chi connectivity index (χ2v) is 12.9. The molecule has 1 aliphatic heterocycles. The van der Waals surface area contributed by atoms with Crippen LogP contribution in [0.15, 0.2) is 0 Å². The highest BCUT2D eigenvalue weighted by atomic mass is 16.6. The molecule has 2 nitrogen and oxygen atoms in total. The molecule has 4 saturated carbocycles. The first-order valence-corrected chi connectivity index (χ1v) is 13.1. The van der Waals surface area contributed by atoms with Gasteiger partial charge in [0.15, 0.2) is 0 Å². The van der Waals surface area contributed by atoms with Crippen LogP contribution in [0, 0.1) is 52.3 Å². The Morgan fingerprint density at radius 3 is 2.34 bits per heavy atom. The second kappa shape index (κ2) is 7.22. The van der Waals surface area contributed by atoms with Crippen LogP contribution in [0.4, 0.5) is 0 Å². The lowest BCUT2D eigenvalue weighted by Crippen LogP contribution is -2.57. The third kappa shape index (κ3) is 3.17. The molecule has 166 valence electrons. The van der Waals surface area contributed by atoms with E-state index in [1.807, 2.05) is 0 Å². The summed E-state index contributed by atoms with van der Waals surface area (Å²) >= 11 is 0. The van der Waals surface area contributed by atoms with Crippen LogP contribution >= 0.6 is 0 Å². The van der Waals surface area contributed by atoms with Gasteiger partial charge >= 0.3 is 0 Å². The molecule has 5 aliphatic rings. The van der Waals surface area contributed by atoms with Crippen molar-refractivity contribution in [1.29, 1.82) is 0 Å². The van der Waals surface area contributed by atoms with Crippen LogP contribution in [0.5, 0.6) is 0 Å². The van der Waals surface area contributed by atoms with Crippen LogP contribution in [0.1, 0.15) is 98.8 Å². The zero-order chi connectivity index (χ0) is 20.6. The van der Waals surface area contributed by atoms with Gasteiger partial charge in [-0.3, -0.25) is 0 Å². The molecular weight excluding hydrogens is 356 g/mol. The summed E-state index contributed by atoms with van der Waals surface area (Å²) in [5.74, 6) is 5.82. The third-order valence-electron chi connectivity index (χ3n) is 11.1. The molecule has 0 spiro atoms. The molecule has 5 fully saturated rings. The van der Waals surface area contributed by atoms with Gasteiger partial charge in [0.1, 0.15) is 0 Å². The molecule has 0 bridgehead atoms. The molecule has 1 saturated heterocycles. The summed E-state index contributed by atoms with van der Waals surface area (Å²) in [5.41, 5.74) is 0.968. The molecule has 0 aromatic rings. The predicted molar refractivity (Wildman–Crippen MR) is 119 cm³/mol. The van der Waals surface area contributed by atoms with E-state index in [4.69, 9.17) is 4.74 Å². The number of hydrogen-bond donors (Lipinski definition) is 1. The lowest BCUT2D eigenvalue weighted by atomic mass is 9.44. The average Bonchev–Trinajstić information content (AvgIpc) is 3.37. The minimum Gasteiger partial charge on any atom is -0.393 e. The Kier molecular flexibility index (Phi) is 5.18. The van der Waals surface area contributed by atoms with Crippen LogP contribution in [-0.4, -0.2) is 23.4 Å². The van der Waals surface area contributed by atoms with Crippen molar-refractivity contribution in [1.82, 2.24) is 0 Å². The zero-order valence-electron chi connectivity index (χ0n) is 19.7. The highest BCUT2D eigenvalue weighted by Crippen LogP contribution is 2.71. The topological polar surface area (TPSA) is 32.8 Å². The fourth-order valence-corrected chi connectivity index (χ4v) is 9.53. The monoisotopic (exact) mass is 402 g/mol. The van der Waals surface area contributed by atoms with Crippen LogP contribution < -0.4 is 0 Å². The van der Waals surface area contributed by atoms with Crippen molar-refractivity contribution in [3.05, 3.63) is 0 Å². The summed E-state index contributed by atoms with van der Waals surface area (Å²) in [6.45, 7) is 12.6. The van der Waals surface area contributed by atoms with Gasteiger partial charge in [-0.05, 0) is 97.2 Å². The maximum absolute atomic E-state index is 10.3. The first kappa shape index (κ1) is 20.8. The Bertz CT molecular complexity index is 616. The molecule has 5 rings (SSSR count). The highest BCUT2D eigenvalue weighted by molar-refractivity contribution is 5.18. The molecule has 29 heavy (non-hydrogen) atoms. The molecule has 0 unspecified atom stereocenters. The van der Waals surface area contributed by atoms with Crippen molar-refractivity contribution < 1.29 is 9.84 Å². The first-order chi connectivity index (χ1) is 13.8. The smallest absolute Gasteiger partial charge is 0.0879 e. The fourth-order valence-electron chi connectivity index (χ4n) is 9.53. The number of aliphatic hydroxyl groups is 1. The summed E-state index contributed by atoms with van der Waals surface area (Å²) in [7, 11) is 0. The Morgan fingerprint density at radius 2 is 1.59 bits per heavy atom. The standard InChI is InChI=1S/C27H46O2/c1-16(2)7-6-8-17(3)19-9-10-20-23-21(12-14-26(19,20)4)27(5)13-11-18(28)15-22(27)24-25(23)29-24/h16-25,28H,6-15H2,1-5H3/t17-,18-,19+,20-,21-,22-,23+,24-,25+,26-,27-/m1/s1. The van der Waals surface area contributed by atoms with Gasteiger partial charge in [-0.2, -0.15) is 0 Å². The van der Waals surface area contributed by atoms with Crippen molar-refractivity contribution in [3.63, 3.8) is 0 Å². The van der Waals surface area contributed by atoms with Crippen molar-refractivity contribution in [2.75, 3.05) is 0 Å². The first-order valence-electron chi connectivity index (χ1n) is 13.1. The molecule has 1 heterocycles. The van der Waals surface area contributed by atoms with Gasteiger partial charge in [0.2, 0.25) is 0 Å². The van der Waals surface area contributed by atoms with Gasteiger partial charge < -0.3 is 9.84 Å². The molecular formula is C27H46O2. The Hall–Kier alpha value is -0.0800. The van der Waals surface area contributed by atoms with E-state index in [0.29, 0.717) is 29.0 Å².